The molecule has 0 saturated heterocycles. The zero-order valence-corrected chi connectivity index (χ0v) is 24.6. The minimum Gasteiger partial charge on any atom is -0.493 e. The van der Waals surface area contributed by atoms with Crippen molar-refractivity contribution in [1.82, 2.24) is 0 Å². The predicted molar refractivity (Wildman–Crippen MR) is 152 cm³/mol. The average molecular weight is 579 g/mol. The van der Waals surface area contributed by atoms with Crippen LogP contribution in [0.4, 0.5) is 0 Å². The highest BCUT2D eigenvalue weighted by molar-refractivity contribution is 5.91. The molecule has 0 amide bonds. The molecule has 1 aliphatic heterocycles. The summed E-state index contributed by atoms with van der Waals surface area (Å²) in [6.07, 6.45) is -1.61. The van der Waals surface area contributed by atoms with Gasteiger partial charge in [-0.2, -0.15) is 0 Å². The monoisotopic (exact) mass is 578 g/mol. The molecule has 0 fully saturated rings. The highest BCUT2D eigenvalue weighted by Gasteiger charge is 2.44. The van der Waals surface area contributed by atoms with E-state index in [0.29, 0.717) is 62.3 Å². The van der Waals surface area contributed by atoms with Crippen LogP contribution < -0.4 is 28.4 Å². The first-order valence-electron chi connectivity index (χ1n) is 13.5. The van der Waals surface area contributed by atoms with E-state index in [2.05, 4.69) is 0 Å². The van der Waals surface area contributed by atoms with Crippen molar-refractivity contribution in [3.05, 3.63) is 59.2 Å². The molecule has 4 atom stereocenters. The largest absolute Gasteiger partial charge is 0.493 e. The summed E-state index contributed by atoms with van der Waals surface area (Å²) < 4.78 is 47.3. The SMILES string of the molecule is COc1cc2c(c(OC)c1OC)-c1c(cc3c(c1OC)OCO3)[C@H](OC(=O)c1ccccc1)[C@H](C)[C@H](C)[C@H]2OC(C)=O. The lowest BCUT2D eigenvalue weighted by molar-refractivity contribution is -0.151. The number of carbonyl (C=O) groups excluding carboxylic acids is 2. The van der Waals surface area contributed by atoms with Crippen LogP contribution in [0.5, 0.6) is 34.5 Å². The number of carbonyl (C=O) groups is 2. The van der Waals surface area contributed by atoms with E-state index in [4.69, 9.17) is 37.9 Å². The molecule has 42 heavy (non-hydrogen) atoms. The summed E-state index contributed by atoms with van der Waals surface area (Å²) in [5, 5.41) is 0. The summed E-state index contributed by atoms with van der Waals surface area (Å²) in [7, 11) is 6.05. The Morgan fingerprint density at radius 1 is 0.738 bits per heavy atom. The second-order valence-electron chi connectivity index (χ2n) is 10.2. The molecule has 0 saturated carbocycles. The van der Waals surface area contributed by atoms with Crippen molar-refractivity contribution in [2.24, 2.45) is 11.8 Å². The average Bonchev–Trinajstić information content (AvgIpc) is 3.48. The minimum absolute atomic E-state index is 0.0129. The van der Waals surface area contributed by atoms with Crippen molar-refractivity contribution in [1.29, 1.82) is 0 Å². The minimum atomic E-state index is -0.824. The molecule has 0 radical (unpaired) electrons. The van der Waals surface area contributed by atoms with Gasteiger partial charge in [0.2, 0.25) is 18.3 Å². The number of esters is 2. The second-order valence-corrected chi connectivity index (χ2v) is 10.2. The van der Waals surface area contributed by atoms with Crippen LogP contribution >= 0.6 is 0 Å². The fourth-order valence-corrected chi connectivity index (χ4v) is 5.76. The van der Waals surface area contributed by atoms with Gasteiger partial charge in [0.15, 0.2) is 23.0 Å². The third-order valence-corrected chi connectivity index (χ3v) is 7.90. The summed E-state index contributed by atoms with van der Waals surface area (Å²) in [4.78, 5) is 26.0. The Morgan fingerprint density at radius 2 is 1.33 bits per heavy atom. The van der Waals surface area contributed by atoms with Crippen molar-refractivity contribution in [3.63, 3.8) is 0 Å². The van der Waals surface area contributed by atoms with Gasteiger partial charge in [0.1, 0.15) is 12.2 Å². The Balaban J connectivity index is 1.89. The molecule has 0 aromatic heterocycles. The lowest BCUT2D eigenvalue weighted by Crippen LogP contribution is -2.31. The molecule has 1 aliphatic carbocycles. The molecular formula is C32H34O10. The topological polar surface area (TPSA) is 108 Å². The van der Waals surface area contributed by atoms with Crippen LogP contribution in [-0.4, -0.2) is 47.2 Å². The molecule has 3 aromatic carbocycles. The summed E-state index contributed by atoms with van der Waals surface area (Å²) in [5.41, 5.74) is 2.65. The van der Waals surface area contributed by atoms with E-state index in [9.17, 15) is 9.59 Å². The van der Waals surface area contributed by atoms with Crippen molar-refractivity contribution >= 4 is 11.9 Å². The number of hydrogen-bond acceptors (Lipinski definition) is 10. The molecule has 222 valence electrons. The Hall–Kier alpha value is -4.60. The molecule has 0 N–H and O–H groups in total. The predicted octanol–water partition coefficient (Wildman–Crippen LogP) is 5.90. The Labute approximate surface area is 244 Å². The summed E-state index contributed by atoms with van der Waals surface area (Å²) in [6.45, 7) is 5.24. The highest BCUT2D eigenvalue weighted by Crippen LogP contribution is 2.60. The van der Waals surface area contributed by atoms with E-state index in [0.717, 1.165) is 0 Å². The van der Waals surface area contributed by atoms with Gasteiger partial charge in [-0.05, 0) is 24.3 Å². The maximum Gasteiger partial charge on any atom is 0.338 e. The number of benzene rings is 3. The lowest BCUT2D eigenvalue weighted by atomic mass is 9.74. The summed E-state index contributed by atoms with van der Waals surface area (Å²) in [6, 6.07) is 12.3. The molecule has 0 unspecified atom stereocenters. The van der Waals surface area contributed by atoms with Crippen LogP contribution in [0.2, 0.25) is 0 Å². The zero-order valence-electron chi connectivity index (χ0n) is 24.6. The van der Waals surface area contributed by atoms with Gasteiger partial charge in [-0.3, -0.25) is 4.79 Å². The number of ether oxygens (including phenoxy) is 8. The quantitative estimate of drug-likeness (QED) is 0.314. The van der Waals surface area contributed by atoms with Crippen LogP contribution in [-0.2, 0) is 14.3 Å². The van der Waals surface area contributed by atoms with Crippen LogP contribution in [0.3, 0.4) is 0 Å². The highest BCUT2D eigenvalue weighted by atomic mass is 16.7. The smallest absolute Gasteiger partial charge is 0.338 e. The molecule has 0 bridgehead atoms. The third-order valence-electron chi connectivity index (χ3n) is 7.90. The van der Waals surface area contributed by atoms with Gasteiger partial charge in [-0.15, -0.1) is 0 Å². The maximum absolute atomic E-state index is 13.5. The van der Waals surface area contributed by atoms with Gasteiger partial charge >= 0.3 is 11.9 Å². The van der Waals surface area contributed by atoms with Crippen LogP contribution in [0.15, 0.2) is 42.5 Å². The van der Waals surface area contributed by atoms with E-state index < -0.39 is 24.1 Å². The van der Waals surface area contributed by atoms with Gasteiger partial charge in [-0.25, -0.2) is 4.79 Å². The molecule has 10 heteroatoms. The van der Waals surface area contributed by atoms with Crippen molar-refractivity contribution in [2.75, 3.05) is 35.2 Å². The van der Waals surface area contributed by atoms with Crippen LogP contribution in [0.1, 0.15) is 54.5 Å². The van der Waals surface area contributed by atoms with Crippen molar-refractivity contribution < 1.29 is 47.5 Å². The maximum atomic E-state index is 13.5. The Morgan fingerprint density at radius 3 is 1.93 bits per heavy atom. The molecule has 10 nitrogen and oxygen atoms in total. The summed E-state index contributed by atoms with van der Waals surface area (Å²) >= 11 is 0. The second kappa shape index (κ2) is 11.7. The molecule has 3 aromatic rings. The van der Waals surface area contributed by atoms with Gasteiger partial charge < -0.3 is 37.9 Å². The Kier molecular flexibility index (Phi) is 8.06. The first-order chi connectivity index (χ1) is 20.2. The fourth-order valence-electron chi connectivity index (χ4n) is 5.76. The van der Waals surface area contributed by atoms with Gasteiger partial charge in [0.25, 0.3) is 0 Å². The number of rotatable bonds is 7. The standard InChI is InChI=1S/C32H34O10/c1-16-17(2)27(42-32(34)19-11-9-8-10-12-19)21-14-23-29(40-15-39-23)31(38-7)25(21)24-20(26(16)41-18(3)33)13-22(35-4)28(36-5)30(24)37-6/h8-14,16-17,26-27H,15H2,1-7H3/t16-,17+,26+,27+/m0/s1. The zero-order chi connectivity index (χ0) is 30.1. The van der Waals surface area contributed by atoms with Crippen molar-refractivity contribution in [2.45, 2.75) is 33.0 Å². The Bertz CT molecular complexity index is 1500. The van der Waals surface area contributed by atoms with Gasteiger partial charge in [0, 0.05) is 41.0 Å². The first-order valence-corrected chi connectivity index (χ1v) is 13.5. The fraction of sp³-hybridized carbons (Fsp3) is 0.375. The number of methoxy groups -OCH3 is 4. The molecule has 2 aliphatic rings. The van der Waals surface area contributed by atoms with Crippen LogP contribution in [0, 0.1) is 11.8 Å². The van der Waals surface area contributed by atoms with E-state index in [1.807, 2.05) is 19.9 Å². The van der Waals surface area contributed by atoms with E-state index in [1.54, 1.807) is 36.4 Å². The van der Waals surface area contributed by atoms with E-state index >= 15 is 0 Å². The lowest BCUT2D eigenvalue weighted by Gasteiger charge is -2.38. The van der Waals surface area contributed by atoms with E-state index in [1.165, 1.54) is 35.4 Å². The van der Waals surface area contributed by atoms with Crippen molar-refractivity contribution in [3.8, 4) is 45.6 Å². The number of hydrogen-bond donors (Lipinski definition) is 0. The van der Waals surface area contributed by atoms with Gasteiger partial charge in [-0.1, -0.05) is 32.0 Å². The molecule has 5 rings (SSSR count). The van der Waals surface area contributed by atoms with E-state index in [-0.39, 0.29) is 18.6 Å². The molecule has 0 spiro atoms. The molecule has 1 heterocycles. The normalized spacial score (nSPS) is 20.3. The summed E-state index contributed by atoms with van der Waals surface area (Å²) in [5.74, 6) is 0.507. The van der Waals surface area contributed by atoms with Gasteiger partial charge in [0.05, 0.1) is 34.0 Å². The van der Waals surface area contributed by atoms with Crippen LogP contribution in [0.25, 0.3) is 11.1 Å². The first kappa shape index (κ1) is 28.9. The third kappa shape index (κ3) is 4.80. The molecular weight excluding hydrogens is 544 g/mol. The number of fused-ring (bicyclic) bond motifs is 4.